The van der Waals surface area contributed by atoms with Crippen molar-refractivity contribution in [3.63, 3.8) is 0 Å². The minimum absolute atomic E-state index is 0.147. The van der Waals surface area contributed by atoms with Crippen LogP contribution in [0.1, 0.15) is 40.4 Å². The fourth-order valence-corrected chi connectivity index (χ4v) is 4.50. The van der Waals surface area contributed by atoms with E-state index in [2.05, 4.69) is 21.0 Å². The van der Waals surface area contributed by atoms with E-state index in [0.29, 0.717) is 38.3 Å². The number of amides is 3. The van der Waals surface area contributed by atoms with Crippen LogP contribution in [0.4, 0.5) is 5.69 Å². The quantitative estimate of drug-likeness (QED) is 0.579. The molecule has 1 aromatic heterocycles. The van der Waals surface area contributed by atoms with Gasteiger partial charge in [-0.25, -0.2) is 0 Å². The summed E-state index contributed by atoms with van der Waals surface area (Å²) in [6, 6.07) is 5.18. The second kappa shape index (κ2) is 8.71. The number of imide groups is 1. The third kappa shape index (κ3) is 3.98. The highest BCUT2D eigenvalue weighted by molar-refractivity contribution is 6.05. The first-order chi connectivity index (χ1) is 15.6. The lowest BCUT2D eigenvalue weighted by Crippen LogP contribution is -2.52. The van der Waals surface area contributed by atoms with Crippen molar-refractivity contribution >= 4 is 23.4 Å². The maximum absolute atomic E-state index is 13.0. The molecule has 10 nitrogen and oxygen atoms in total. The van der Waals surface area contributed by atoms with Crippen molar-refractivity contribution in [1.29, 1.82) is 0 Å². The van der Waals surface area contributed by atoms with Crippen molar-refractivity contribution in [3.8, 4) is 0 Å². The van der Waals surface area contributed by atoms with Crippen LogP contribution in [0.25, 0.3) is 0 Å². The molecule has 0 spiro atoms. The number of carbonyl (C=O) groups excluding carboxylic acids is 3. The Hall–Kier alpha value is -3.24. The Morgan fingerprint density at radius 2 is 2.16 bits per heavy atom. The van der Waals surface area contributed by atoms with Gasteiger partial charge in [0.25, 0.3) is 5.91 Å². The molecular weight excluding hydrogens is 412 g/mol. The van der Waals surface area contributed by atoms with E-state index in [4.69, 9.17) is 4.74 Å². The molecule has 168 valence electrons. The van der Waals surface area contributed by atoms with E-state index in [1.54, 1.807) is 17.2 Å². The highest BCUT2D eigenvalue weighted by atomic mass is 16.5. The summed E-state index contributed by atoms with van der Waals surface area (Å²) in [5.74, 6) is -0.844. The summed E-state index contributed by atoms with van der Waals surface area (Å²) in [7, 11) is 0. The van der Waals surface area contributed by atoms with E-state index in [1.165, 1.54) is 0 Å². The molecule has 10 heteroatoms. The standard InChI is InChI=1S/C22H26N6O4/c29-20-5-4-19(21(30)26-20)27-12-18-14(2-1-3-17(18)22(27)31)8-24-15-9-25-28(11-15)16-10-23-6-7-32-13-16/h1-3,9,11,16,19,23-24H,4-8,10,12-13H2,(H,26,29,30). The van der Waals surface area contributed by atoms with Crippen LogP contribution in [0, 0.1) is 0 Å². The third-order valence-electron chi connectivity index (χ3n) is 6.25. The van der Waals surface area contributed by atoms with Gasteiger partial charge >= 0.3 is 0 Å². The number of rotatable bonds is 5. The summed E-state index contributed by atoms with van der Waals surface area (Å²) in [4.78, 5) is 38.3. The molecular formula is C22H26N6O4. The lowest BCUT2D eigenvalue weighted by atomic mass is 10.0. The Kier molecular flexibility index (Phi) is 5.62. The first-order valence-corrected chi connectivity index (χ1v) is 10.9. The van der Waals surface area contributed by atoms with E-state index in [0.717, 1.165) is 29.9 Å². The van der Waals surface area contributed by atoms with Gasteiger partial charge in [-0.15, -0.1) is 0 Å². The predicted molar refractivity (Wildman–Crippen MR) is 115 cm³/mol. The van der Waals surface area contributed by atoms with Crippen LogP contribution >= 0.6 is 0 Å². The number of hydrogen-bond acceptors (Lipinski definition) is 7. The van der Waals surface area contributed by atoms with Gasteiger partial charge in [0.1, 0.15) is 6.04 Å². The largest absolute Gasteiger partial charge is 0.378 e. The Morgan fingerprint density at radius 3 is 3.03 bits per heavy atom. The van der Waals surface area contributed by atoms with Gasteiger partial charge in [-0.3, -0.25) is 24.4 Å². The number of fused-ring (bicyclic) bond motifs is 1. The van der Waals surface area contributed by atoms with Crippen LogP contribution in [0.5, 0.6) is 0 Å². The fraction of sp³-hybridized carbons (Fsp3) is 0.455. The topological polar surface area (TPSA) is 118 Å². The van der Waals surface area contributed by atoms with Crippen molar-refractivity contribution in [2.24, 2.45) is 0 Å². The Labute approximate surface area is 185 Å². The van der Waals surface area contributed by atoms with Crippen molar-refractivity contribution in [2.45, 2.75) is 38.0 Å². The van der Waals surface area contributed by atoms with Gasteiger partial charge < -0.3 is 20.3 Å². The molecule has 0 aliphatic carbocycles. The number of anilines is 1. The van der Waals surface area contributed by atoms with E-state index >= 15 is 0 Å². The van der Waals surface area contributed by atoms with Crippen molar-refractivity contribution < 1.29 is 19.1 Å². The van der Waals surface area contributed by atoms with Crippen LogP contribution < -0.4 is 16.0 Å². The van der Waals surface area contributed by atoms with Crippen molar-refractivity contribution in [2.75, 3.05) is 31.6 Å². The Bertz CT molecular complexity index is 1040. The molecule has 0 bridgehead atoms. The minimum Gasteiger partial charge on any atom is -0.378 e. The molecule has 3 aliphatic heterocycles. The summed E-state index contributed by atoms with van der Waals surface area (Å²) < 4.78 is 7.51. The predicted octanol–water partition coefficient (Wildman–Crippen LogP) is 0.417. The number of benzene rings is 1. The summed E-state index contributed by atoms with van der Waals surface area (Å²) in [5.41, 5.74) is 3.42. The molecule has 4 heterocycles. The Morgan fingerprint density at radius 1 is 1.25 bits per heavy atom. The number of hydrogen-bond donors (Lipinski definition) is 3. The summed E-state index contributed by atoms with van der Waals surface area (Å²) in [5, 5.41) is 13.5. The fourth-order valence-electron chi connectivity index (χ4n) is 4.50. The molecule has 2 atom stereocenters. The third-order valence-corrected chi connectivity index (χ3v) is 6.25. The van der Waals surface area contributed by atoms with E-state index < -0.39 is 11.9 Å². The van der Waals surface area contributed by atoms with Gasteiger partial charge in [-0.2, -0.15) is 5.10 Å². The van der Waals surface area contributed by atoms with Crippen LogP contribution in [-0.2, 0) is 27.4 Å². The molecule has 0 radical (unpaired) electrons. The number of nitrogens with zero attached hydrogens (tertiary/aromatic N) is 3. The first kappa shape index (κ1) is 20.7. The summed E-state index contributed by atoms with van der Waals surface area (Å²) in [6.07, 6.45) is 4.35. The van der Waals surface area contributed by atoms with Gasteiger partial charge in [0.05, 0.1) is 31.1 Å². The normalized spacial score (nSPS) is 23.6. The zero-order valence-corrected chi connectivity index (χ0v) is 17.7. The molecule has 5 rings (SSSR count). The molecule has 3 aliphatic rings. The van der Waals surface area contributed by atoms with Gasteiger partial charge in [-0.05, 0) is 23.6 Å². The second-order valence-electron chi connectivity index (χ2n) is 8.34. The molecule has 3 N–H and O–H groups in total. The number of nitrogens with one attached hydrogen (secondary N) is 3. The second-order valence-corrected chi connectivity index (χ2v) is 8.34. The lowest BCUT2D eigenvalue weighted by molar-refractivity contribution is -0.136. The van der Waals surface area contributed by atoms with Crippen LogP contribution in [0.2, 0.25) is 0 Å². The minimum atomic E-state index is -0.609. The van der Waals surface area contributed by atoms with E-state index in [1.807, 2.05) is 23.0 Å². The lowest BCUT2D eigenvalue weighted by Gasteiger charge is -2.29. The number of aromatic nitrogens is 2. The molecule has 2 aromatic rings. The maximum Gasteiger partial charge on any atom is 0.255 e. The highest BCUT2D eigenvalue weighted by Gasteiger charge is 2.39. The molecule has 0 saturated carbocycles. The average Bonchev–Trinajstić information content (AvgIpc) is 3.28. The monoisotopic (exact) mass is 438 g/mol. The van der Waals surface area contributed by atoms with Crippen LogP contribution in [-0.4, -0.2) is 64.7 Å². The Balaban J connectivity index is 1.27. The highest BCUT2D eigenvalue weighted by Crippen LogP contribution is 2.30. The van der Waals surface area contributed by atoms with Gasteiger partial charge in [0.2, 0.25) is 11.8 Å². The van der Waals surface area contributed by atoms with Crippen LogP contribution in [0.3, 0.4) is 0 Å². The molecule has 1 aromatic carbocycles. The van der Waals surface area contributed by atoms with Gasteiger partial charge in [0.15, 0.2) is 0 Å². The number of carbonyl (C=O) groups is 3. The van der Waals surface area contributed by atoms with Gasteiger partial charge in [-0.1, -0.05) is 12.1 Å². The molecule has 3 amide bonds. The van der Waals surface area contributed by atoms with E-state index in [-0.39, 0.29) is 24.3 Å². The number of piperidine rings is 1. The molecule has 2 unspecified atom stereocenters. The molecule has 2 fully saturated rings. The van der Waals surface area contributed by atoms with Crippen molar-refractivity contribution in [1.82, 2.24) is 25.3 Å². The smallest absolute Gasteiger partial charge is 0.255 e. The molecule has 32 heavy (non-hydrogen) atoms. The maximum atomic E-state index is 13.0. The average molecular weight is 438 g/mol. The SMILES string of the molecule is O=C1CCC(N2Cc3c(CNc4cnn(C5CNCCOC5)c4)cccc3C2=O)C(=O)N1. The van der Waals surface area contributed by atoms with Crippen molar-refractivity contribution in [3.05, 3.63) is 47.3 Å². The molecule has 2 saturated heterocycles. The zero-order chi connectivity index (χ0) is 22.1. The first-order valence-electron chi connectivity index (χ1n) is 10.9. The number of ether oxygens (including phenoxy) is 1. The van der Waals surface area contributed by atoms with Crippen LogP contribution in [0.15, 0.2) is 30.6 Å². The summed E-state index contributed by atoms with van der Waals surface area (Å²) >= 11 is 0. The van der Waals surface area contributed by atoms with E-state index in [9.17, 15) is 14.4 Å². The summed E-state index contributed by atoms with van der Waals surface area (Å²) in [6.45, 7) is 3.88. The zero-order valence-electron chi connectivity index (χ0n) is 17.7. The van der Waals surface area contributed by atoms with Gasteiger partial charge in [0, 0.05) is 44.4 Å².